The summed E-state index contributed by atoms with van der Waals surface area (Å²) < 4.78 is 30.7. The number of aromatic nitrogens is 4. The highest BCUT2D eigenvalue weighted by atomic mass is 32.2. The lowest BCUT2D eigenvalue weighted by Gasteiger charge is -2.11. The van der Waals surface area contributed by atoms with Gasteiger partial charge in [-0.05, 0) is 55.1 Å². The van der Waals surface area contributed by atoms with Crippen LogP contribution in [0.3, 0.4) is 0 Å². The van der Waals surface area contributed by atoms with Crippen molar-refractivity contribution in [2.24, 2.45) is 0 Å². The van der Waals surface area contributed by atoms with E-state index in [2.05, 4.69) is 30.2 Å². The molecule has 2 aromatic heterocycles. The Kier molecular flexibility index (Phi) is 5.70. The molecule has 0 fully saturated rings. The Balaban J connectivity index is 1.70. The van der Waals surface area contributed by atoms with E-state index < -0.39 is 10.0 Å². The van der Waals surface area contributed by atoms with Crippen molar-refractivity contribution >= 4 is 50.0 Å². The zero-order valence-corrected chi connectivity index (χ0v) is 18.6. The van der Waals surface area contributed by atoms with Gasteiger partial charge in [-0.25, -0.2) is 18.4 Å². The molecular formula is C20H20N6O3S2. The SMILES string of the molecule is COc1cccc2c(Nc3cc(C)[nH]n3)nc(Sc3ccc(NS(C)(=O)=O)cc3)nc12. The van der Waals surface area contributed by atoms with Gasteiger partial charge < -0.3 is 10.1 Å². The summed E-state index contributed by atoms with van der Waals surface area (Å²) in [5.74, 6) is 1.89. The lowest BCUT2D eigenvalue weighted by Crippen LogP contribution is -2.09. The van der Waals surface area contributed by atoms with Gasteiger partial charge in [-0.1, -0.05) is 6.07 Å². The van der Waals surface area contributed by atoms with E-state index in [-0.39, 0.29) is 0 Å². The molecule has 0 amide bonds. The molecule has 0 saturated carbocycles. The summed E-state index contributed by atoms with van der Waals surface area (Å²) in [6.45, 7) is 1.92. The van der Waals surface area contributed by atoms with Crippen LogP contribution < -0.4 is 14.8 Å². The van der Waals surface area contributed by atoms with E-state index in [4.69, 9.17) is 4.74 Å². The van der Waals surface area contributed by atoms with Crippen LogP contribution in [-0.4, -0.2) is 41.9 Å². The number of hydrogen-bond acceptors (Lipinski definition) is 8. The van der Waals surface area contributed by atoms with Crippen LogP contribution in [0.15, 0.2) is 58.6 Å². The van der Waals surface area contributed by atoms with E-state index in [1.54, 1.807) is 31.4 Å². The Labute approximate surface area is 183 Å². The first-order valence-corrected chi connectivity index (χ1v) is 11.9. The smallest absolute Gasteiger partial charge is 0.229 e. The van der Waals surface area contributed by atoms with Crippen LogP contribution in [0.5, 0.6) is 5.75 Å². The number of nitrogens with zero attached hydrogens (tertiary/aromatic N) is 3. The van der Waals surface area contributed by atoms with Crippen LogP contribution in [0.25, 0.3) is 10.9 Å². The van der Waals surface area contributed by atoms with Crippen molar-refractivity contribution in [3.63, 3.8) is 0 Å². The monoisotopic (exact) mass is 456 g/mol. The minimum atomic E-state index is -3.33. The maximum Gasteiger partial charge on any atom is 0.229 e. The van der Waals surface area contributed by atoms with Crippen LogP contribution in [0, 0.1) is 6.92 Å². The fraction of sp³-hybridized carbons (Fsp3) is 0.150. The summed E-state index contributed by atoms with van der Waals surface area (Å²) in [5, 5.41) is 11.7. The maximum absolute atomic E-state index is 11.4. The van der Waals surface area contributed by atoms with Crippen molar-refractivity contribution in [3.8, 4) is 5.75 Å². The highest BCUT2D eigenvalue weighted by molar-refractivity contribution is 7.99. The van der Waals surface area contributed by atoms with Crippen molar-refractivity contribution in [1.29, 1.82) is 0 Å². The van der Waals surface area contributed by atoms with Crippen molar-refractivity contribution in [2.45, 2.75) is 17.0 Å². The first-order valence-electron chi connectivity index (χ1n) is 9.20. The third-order valence-electron chi connectivity index (χ3n) is 4.21. The molecule has 0 aliphatic carbocycles. The number of ether oxygens (including phenoxy) is 1. The summed E-state index contributed by atoms with van der Waals surface area (Å²) in [7, 11) is -1.73. The van der Waals surface area contributed by atoms with Gasteiger partial charge in [0.05, 0.1) is 13.4 Å². The second-order valence-corrected chi connectivity index (χ2v) is 9.56. The standard InChI is InChI=1S/C20H20N6O3S2/c1-12-11-17(25-24-12)21-19-15-5-4-6-16(29-2)18(15)22-20(23-19)30-14-9-7-13(8-10-14)26-31(3,27)28/h4-11,26H,1-3H3,(H2,21,22,23,24,25). The normalized spacial score (nSPS) is 11.5. The maximum atomic E-state index is 11.4. The van der Waals surface area contributed by atoms with Gasteiger partial charge in [0.1, 0.15) is 17.1 Å². The zero-order valence-electron chi connectivity index (χ0n) is 17.0. The number of sulfonamides is 1. The summed E-state index contributed by atoms with van der Waals surface area (Å²) in [5.41, 5.74) is 2.09. The Morgan fingerprint density at radius 2 is 1.87 bits per heavy atom. The Morgan fingerprint density at radius 1 is 1.10 bits per heavy atom. The van der Waals surface area contributed by atoms with Gasteiger partial charge in [-0.2, -0.15) is 5.10 Å². The molecule has 0 aliphatic heterocycles. The number of benzene rings is 2. The van der Waals surface area contributed by atoms with Gasteiger partial charge in [0, 0.05) is 27.7 Å². The van der Waals surface area contributed by atoms with Crippen LogP contribution in [0.1, 0.15) is 5.69 Å². The Morgan fingerprint density at radius 3 is 2.52 bits per heavy atom. The van der Waals surface area contributed by atoms with E-state index in [1.807, 2.05) is 31.2 Å². The van der Waals surface area contributed by atoms with E-state index in [0.29, 0.717) is 33.7 Å². The fourth-order valence-corrected chi connectivity index (χ4v) is 4.25. The average molecular weight is 457 g/mol. The number of nitrogens with one attached hydrogen (secondary N) is 3. The summed E-state index contributed by atoms with van der Waals surface area (Å²) in [4.78, 5) is 10.2. The van der Waals surface area contributed by atoms with Crippen molar-refractivity contribution in [3.05, 3.63) is 54.2 Å². The number of H-pyrrole nitrogens is 1. The second-order valence-electron chi connectivity index (χ2n) is 6.77. The predicted octanol–water partition coefficient (Wildman–Crippen LogP) is 3.94. The first-order chi connectivity index (χ1) is 14.8. The molecule has 2 heterocycles. The molecule has 31 heavy (non-hydrogen) atoms. The summed E-state index contributed by atoms with van der Waals surface area (Å²) in [6, 6.07) is 14.5. The molecule has 2 aromatic carbocycles. The number of hydrogen-bond donors (Lipinski definition) is 3. The van der Waals surface area contributed by atoms with Gasteiger partial charge in [0.25, 0.3) is 0 Å². The van der Waals surface area contributed by atoms with Crippen molar-refractivity contribution in [2.75, 3.05) is 23.4 Å². The lowest BCUT2D eigenvalue weighted by atomic mass is 10.2. The quantitative estimate of drug-likeness (QED) is 0.358. The highest BCUT2D eigenvalue weighted by Crippen LogP contribution is 2.34. The summed E-state index contributed by atoms with van der Waals surface area (Å²) in [6.07, 6.45) is 1.11. The molecule has 9 nitrogen and oxygen atoms in total. The number of fused-ring (bicyclic) bond motifs is 1. The first kappa shape index (κ1) is 20.9. The number of para-hydroxylation sites is 1. The van der Waals surface area contributed by atoms with Crippen molar-refractivity contribution in [1.82, 2.24) is 20.2 Å². The van der Waals surface area contributed by atoms with Crippen LogP contribution in [-0.2, 0) is 10.0 Å². The topological polar surface area (TPSA) is 122 Å². The molecule has 11 heteroatoms. The predicted molar refractivity (Wildman–Crippen MR) is 122 cm³/mol. The molecule has 0 bridgehead atoms. The number of methoxy groups -OCH3 is 1. The van der Waals surface area contributed by atoms with Gasteiger partial charge >= 0.3 is 0 Å². The van der Waals surface area contributed by atoms with Gasteiger partial charge in [0.15, 0.2) is 11.0 Å². The van der Waals surface area contributed by atoms with Crippen LogP contribution >= 0.6 is 11.8 Å². The number of aryl methyl sites for hydroxylation is 1. The average Bonchev–Trinajstić information content (AvgIpc) is 3.12. The van der Waals surface area contributed by atoms with Gasteiger partial charge in [-0.3, -0.25) is 9.82 Å². The highest BCUT2D eigenvalue weighted by Gasteiger charge is 2.14. The molecule has 0 atom stereocenters. The summed E-state index contributed by atoms with van der Waals surface area (Å²) >= 11 is 1.36. The van der Waals surface area contributed by atoms with Gasteiger partial charge in [-0.15, -0.1) is 0 Å². The van der Waals surface area contributed by atoms with E-state index in [1.165, 1.54) is 11.8 Å². The molecule has 160 valence electrons. The molecule has 4 rings (SSSR count). The number of anilines is 3. The zero-order chi connectivity index (χ0) is 22.0. The molecular weight excluding hydrogens is 436 g/mol. The Bertz CT molecular complexity index is 1340. The van der Waals surface area contributed by atoms with Crippen molar-refractivity contribution < 1.29 is 13.2 Å². The Hall–Kier alpha value is -3.31. The third-order valence-corrected chi connectivity index (χ3v) is 5.69. The van der Waals surface area contributed by atoms with E-state index in [0.717, 1.165) is 22.2 Å². The van der Waals surface area contributed by atoms with E-state index in [9.17, 15) is 8.42 Å². The molecule has 3 N–H and O–H groups in total. The second kappa shape index (κ2) is 8.44. The van der Waals surface area contributed by atoms with E-state index >= 15 is 0 Å². The lowest BCUT2D eigenvalue weighted by molar-refractivity contribution is 0.418. The molecule has 4 aromatic rings. The van der Waals surface area contributed by atoms with Crippen LogP contribution in [0.2, 0.25) is 0 Å². The fourth-order valence-electron chi connectivity index (χ4n) is 2.92. The van der Waals surface area contributed by atoms with Crippen LogP contribution in [0.4, 0.5) is 17.3 Å². The third kappa shape index (κ3) is 5.06. The molecule has 0 aliphatic rings. The number of rotatable bonds is 7. The van der Waals surface area contributed by atoms with Gasteiger partial charge in [0.2, 0.25) is 10.0 Å². The molecule has 0 radical (unpaired) electrons. The number of aromatic amines is 1. The molecule has 0 spiro atoms. The molecule has 0 unspecified atom stereocenters. The minimum absolute atomic E-state index is 0.490. The largest absolute Gasteiger partial charge is 0.494 e. The molecule has 0 saturated heterocycles. The minimum Gasteiger partial charge on any atom is -0.494 e.